The van der Waals surface area contributed by atoms with Crippen LogP contribution in [0.1, 0.15) is 115 Å². The van der Waals surface area contributed by atoms with Gasteiger partial charge in [0, 0.05) is 54.9 Å². The zero-order chi connectivity index (χ0) is 72.3. The van der Waals surface area contributed by atoms with Crippen LogP contribution in [-0.4, -0.2) is 219 Å². The summed E-state index contributed by atoms with van der Waals surface area (Å²) in [5.41, 5.74) is 1.01. The molecule has 3 aliphatic rings. The minimum absolute atomic E-state index is 0.0134. The molecule has 11 N–H and O–H groups in total. The maximum Gasteiger partial charge on any atom is 0.410 e. The summed E-state index contributed by atoms with van der Waals surface area (Å²) >= 11 is 0. The van der Waals surface area contributed by atoms with E-state index in [4.69, 9.17) is 48.0 Å². The second kappa shape index (κ2) is 36.4. The van der Waals surface area contributed by atoms with Crippen LogP contribution in [0.3, 0.4) is 0 Å². The molecule has 99 heavy (non-hydrogen) atoms. The number of ether oxygens (including phenoxy) is 8. The van der Waals surface area contributed by atoms with Gasteiger partial charge >= 0.3 is 24.0 Å². The minimum atomic E-state index is -2.07. The van der Waals surface area contributed by atoms with Gasteiger partial charge in [0.1, 0.15) is 55.4 Å². The summed E-state index contributed by atoms with van der Waals surface area (Å²) < 4.78 is 46.0. The monoisotopic (exact) mass is 1390 g/mol. The molecule has 4 aromatic rings. The number of nitrogens with zero attached hydrogens (tertiary/aromatic N) is 3. The van der Waals surface area contributed by atoms with Gasteiger partial charge in [-0.15, -0.1) is 0 Å². The molecule has 0 bridgehead atoms. The Balaban J connectivity index is 0.897. The number of rotatable bonds is 38. The number of carbonyl (C=O) groups is 9. The zero-order valence-electron chi connectivity index (χ0n) is 56.4. The van der Waals surface area contributed by atoms with Crippen molar-refractivity contribution in [2.24, 2.45) is 5.92 Å². The number of aliphatic hydroxyl groups is 4. The molecule has 9 atom stereocenters. The summed E-state index contributed by atoms with van der Waals surface area (Å²) in [5.74, 6) is -7.27. The van der Waals surface area contributed by atoms with Crippen LogP contribution in [0.25, 0.3) is 22.3 Å². The first-order chi connectivity index (χ1) is 47.2. The van der Waals surface area contributed by atoms with Crippen molar-refractivity contribution in [1.82, 2.24) is 35.7 Å². The third-order valence-corrected chi connectivity index (χ3v) is 16.8. The molecule has 0 aliphatic carbocycles. The first kappa shape index (κ1) is 77.6. The summed E-state index contributed by atoms with van der Waals surface area (Å²) in [6, 6.07) is 9.30. The summed E-state index contributed by atoms with van der Waals surface area (Å²) in [7, 11) is 0. The molecule has 3 aliphatic heterocycles. The SMILES string of the molecule is CCCC(=O)N[C@@H](CCC(=O)O)C(=O)NCCOCCOCCOCCOCCC(=O)N[C@H](C(=O)N[C@@H](C)C(=O)Nc1ccc(COC(=O)N(CCc2c3c(nc4ccccc24)-c2cc4c(c(=O)n2C3)COC(=O)[C@]4(O)CC)C(C)C)cc1O[C@@H]1O[C@H](C(=O)O)[C@@H](O)[C@H](O)[C@H]1O)C(C)C. The van der Waals surface area contributed by atoms with Crippen LogP contribution in [0, 0.1) is 5.92 Å². The molecular formula is C67H90N8O24. The van der Waals surface area contributed by atoms with E-state index >= 15 is 0 Å². The molecule has 2 aromatic carbocycles. The highest BCUT2D eigenvalue weighted by atomic mass is 16.7. The number of amides is 6. The van der Waals surface area contributed by atoms with Crippen molar-refractivity contribution >= 4 is 70.1 Å². The zero-order valence-corrected chi connectivity index (χ0v) is 56.4. The van der Waals surface area contributed by atoms with Gasteiger partial charge in [-0.25, -0.2) is 19.4 Å². The molecule has 7 rings (SSSR count). The van der Waals surface area contributed by atoms with E-state index in [0.717, 1.165) is 10.9 Å². The molecule has 0 spiro atoms. The van der Waals surface area contributed by atoms with Gasteiger partial charge in [-0.05, 0) is 87.8 Å². The van der Waals surface area contributed by atoms with Crippen molar-refractivity contribution in [3.8, 4) is 17.1 Å². The van der Waals surface area contributed by atoms with E-state index in [9.17, 15) is 73.5 Å². The van der Waals surface area contributed by atoms with E-state index in [-0.39, 0.29) is 152 Å². The summed E-state index contributed by atoms with van der Waals surface area (Å²) in [5, 5.41) is 76.1. The van der Waals surface area contributed by atoms with Gasteiger partial charge in [-0.3, -0.25) is 33.6 Å². The van der Waals surface area contributed by atoms with Crippen LogP contribution in [-0.2, 0) is 103 Å². The number of carboxylic acids is 2. The third kappa shape index (κ3) is 20.2. The van der Waals surface area contributed by atoms with Crippen molar-refractivity contribution in [1.29, 1.82) is 0 Å². The number of aromatic nitrogens is 2. The van der Waals surface area contributed by atoms with E-state index in [1.807, 2.05) is 31.2 Å². The molecule has 1 saturated heterocycles. The molecule has 32 nitrogen and oxygen atoms in total. The number of fused-ring (bicyclic) bond motifs is 5. The quantitative estimate of drug-likeness (QED) is 0.0196. The Labute approximate surface area is 570 Å². The topological polar surface area (TPSA) is 447 Å². The largest absolute Gasteiger partial charge is 0.481 e. The number of nitrogens with one attached hydrogen (secondary N) is 5. The van der Waals surface area contributed by atoms with E-state index < -0.39 is 126 Å². The van der Waals surface area contributed by atoms with Crippen molar-refractivity contribution in [2.45, 2.75) is 174 Å². The van der Waals surface area contributed by atoms with E-state index in [2.05, 4.69) is 26.6 Å². The first-order valence-corrected chi connectivity index (χ1v) is 32.9. The molecule has 5 heterocycles. The summed E-state index contributed by atoms with van der Waals surface area (Å²) in [6.45, 7) is 12.8. The number of aliphatic hydroxyl groups excluding tert-OH is 3. The van der Waals surface area contributed by atoms with Gasteiger partial charge in [0.2, 0.25) is 35.8 Å². The number of carboxylic acid groups (broad SMARTS) is 2. The number of pyridine rings is 2. The smallest absolute Gasteiger partial charge is 0.410 e. The average Bonchev–Trinajstić information content (AvgIpc) is 1.63. The summed E-state index contributed by atoms with van der Waals surface area (Å²) in [4.78, 5) is 136. The highest BCUT2D eigenvalue weighted by Crippen LogP contribution is 2.41. The average molecular weight is 1390 g/mol. The molecule has 0 unspecified atom stereocenters. The van der Waals surface area contributed by atoms with Crippen molar-refractivity contribution < 1.29 is 112 Å². The Morgan fingerprint density at radius 1 is 0.758 bits per heavy atom. The van der Waals surface area contributed by atoms with Crippen molar-refractivity contribution in [2.75, 3.05) is 71.3 Å². The van der Waals surface area contributed by atoms with Gasteiger partial charge in [-0.2, -0.15) is 0 Å². The fraction of sp³-hybridized carbons (Fsp3) is 0.567. The van der Waals surface area contributed by atoms with Crippen molar-refractivity contribution in [3.63, 3.8) is 0 Å². The molecular weight excluding hydrogens is 1300 g/mol. The fourth-order valence-electron chi connectivity index (χ4n) is 11.3. The lowest BCUT2D eigenvalue weighted by atomic mass is 9.86. The van der Waals surface area contributed by atoms with Gasteiger partial charge in [0.25, 0.3) is 5.56 Å². The Morgan fingerprint density at radius 2 is 1.42 bits per heavy atom. The number of hydrogen-bond donors (Lipinski definition) is 11. The maximum atomic E-state index is 14.1. The van der Waals surface area contributed by atoms with Crippen LogP contribution in [0.4, 0.5) is 10.5 Å². The van der Waals surface area contributed by atoms with E-state index in [1.165, 1.54) is 34.6 Å². The Hall–Kier alpha value is -8.73. The van der Waals surface area contributed by atoms with Crippen LogP contribution in [0.15, 0.2) is 53.3 Å². The van der Waals surface area contributed by atoms with Crippen LogP contribution >= 0.6 is 0 Å². The van der Waals surface area contributed by atoms with Crippen molar-refractivity contribution in [3.05, 3.63) is 86.7 Å². The predicted octanol–water partition coefficient (Wildman–Crippen LogP) is 1.25. The number of hydrogen-bond acceptors (Lipinski definition) is 23. The normalized spacial score (nSPS) is 19.4. The number of aliphatic carboxylic acids is 2. The molecule has 6 amide bonds. The van der Waals surface area contributed by atoms with Gasteiger partial charge in [0.05, 0.1) is 87.6 Å². The highest BCUT2D eigenvalue weighted by molar-refractivity contribution is 5.99. The lowest BCUT2D eigenvalue weighted by molar-refractivity contribution is -0.271. The van der Waals surface area contributed by atoms with Crippen LogP contribution in [0.2, 0.25) is 0 Å². The number of esters is 1. The Kier molecular flexibility index (Phi) is 28.5. The standard InChI is InChI=1S/C67H90N8O24/c1-8-12-50(76)70-47(17-18-52(78)79)60(84)68-21-24-93-26-28-95-30-29-94-27-25-92-23-20-51(77)73-53(36(3)4)61(85)69-38(7)59(83)72-46-16-15-39(31-49(46)98-64-57(82)55(80)56(81)58(99-64)63(87)88)34-97-66(90)74(37(5)6)22-19-40-41-13-10-11-14-45(41)71-54-42(40)33-75-48(54)32-44-43(62(75)86)35-96-65(89)67(44,91)9-2/h10-11,13-16,31-32,36-38,47,53,55-58,64,80-82,91H,8-9,12,17-30,33-35H2,1-7H3,(H,68,84)(H,69,85)(H,70,76)(H,72,83)(H,73,77)(H,78,79)(H,87,88)/t38-,47-,53-,55-,56-,57+,58-,64+,67-/m0/s1. The molecule has 0 saturated carbocycles. The lowest BCUT2D eigenvalue weighted by Crippen LogP contribution is -2.61. The number of carbonyl (C=O) groups excluding carboxylic acids is 7. The third-order valence-electron chi connectivity index (χ3n) is 16.8. The number of cyclic esters (lactones) is 1. The van der Waals surface area contributed by atoms with E-state index in [0.29, 0.717) is 28.9 Å². The number of para-hydroxylation sites is 1. The predicted molar refractivity (Wildman–Crippen MR) is 349 cm³/mol. The molecule has 2 aromatic heterocycles. The molecule has 1 fully saturated rings. The van der Waals surface area contributed by atoms with Crippen LogP contribution < -0.4 is 36.9 Å². The fourth-order valence-corrected chi connectivity index (χ4v) is 11.3. The van der Waals surface area contributed by atoms with Crippen LogP contribution in [0.5, 0.6) is 5.75 Å². The second-order valence-corrected chi connectivity index (χ2v) is 24.6. The number of benzene rings is 2. The first-order valence-electron chi connectivity index (χ1n) is 32.9. The Bertz CT molecular complexity index is 3600. The lowest BCUT2D eigenvalue weighted by Gasteiger charge is -2.38. The van der Waals surface area contributed by atoms with Gasteiger partial charge < -0.3 is 105 Å². The molecule has 32 heteroatoms. The highest BCUT2D eigenvalue weighted by Gasteiger charge is 2.49. The Morgan fingerprint density at radius 3 is 2.07 bits per heavy atom. The van der Waals surface area contributed by atoms with E-state index in [1.54, 1.807) is 40.7 Å². The second-order valence-electron chi connectivity index (χ2n) is 24.6. The number of anilines is 1. The van der Waals surface area contributed by atoms with Gasteiger partial charge in [-0.1, -0.05) is 52.0 Å². The maximum absolute atomic E-state index is 14.1. The molecule has 542 valence electrons. The molecule has 0 radical (unpaired) electrons. The summed E-state index contributed by atoms with van der Waals surface area (Å²) in [6.07, 6.45) is -10.4. The minimum Gasteiger partial charge on any atom is -0.481 e. The van der Waals surface area contributed by atoms with Gasteiger partial charge in [0.15, 0.2) is 11.7 Å².